The quantitative estimate of drug-likeness (QED) is 0.585. The van der Waals surface area contributed by atoms with Crippen LogP contribution in [0.5, 0.6) is 0 Å². The van der Waals surface area contributed by atoms with Crippen LogP contribution in [-0.2, 0) is 16.6 Å². The van der Waals surface area contributed by atoms with Gasteiger partial charge in [0.2, 0.25) is 11.8 Å². The third-order valence-electron chi connectivity index (χ3n) is 4.82. The Bertz CT molecular complexity index is 1100. The van der Waals surface area contributed by atoms with Gasteiger partial charge in [-0.2, -0.15) is 0 Å². The van der Waals surface area contributed by atoms with Crippen LogP contribution in [0, 0.1) is 0 Å². The van der Waals surface area contributed by atoms with Gasteiger partial charge in [0.1, 0.15) is 0 Å². The molecular formula is C21H20ClN5O2S. The topological polar surface area (TPSA) is 80.1 Å². The van der Waals surface area contributed by atoms with Gasteiger partial charge in [-0.15, -0.1) is 10.2 Å². The summed E-state index contributed by atoms with van der Waals surface area (Å²) in [5.74, 6) is 0.705. The lowest BCUT2D eigenvalue weighted by molar-refractivity contribution is -0.117. The molecule has 1 fully saturated rings. The molecule has 2 aromatic carbocycles. The first-order chi connectivity index (χ1) is 14.5. The molecule has 0 unspecified atom stereocenters. The fourth-order valence-corrected chi connectivity index (χ4v) is 4.28. The maximum absolute atomic E-state index is 12.6. The third-order valence-corrected chi connectivity index (χ3v) is 6.17. The van der Waals surface area contributed by atoms with Crippen LogP contribution in [0.15, 0.2) is 53.7 Å². The molecule has 0 atom stereocenters. The second-order valence-electron chi connectivity index (χ2n) is 6.85. The number of nitrogens with zero attached hydrogens (tertiary/aromatic N) is 4. The monoisotopic (exact) mass is 441 g/mol. The predicted octanol–water partition coefficient (Wildman–Crippen LogP) is 3.99. The van der Waals surface area contributed by atoms with Gasteiger partial charge < -0.3 is 14.8 Å². The van der Waals surface area contributed by atoms with Crippen molar-refractivity contribution in [1.82, 2.24) is 14.8 Å². The van der Waals surface area contributed by atoms with Crippen LogP contribution in [0.4, 0.5) is 11.4 Å². The molecule has 1 aliphatic rings. The van der Waals surface area contributed by atoms with Gasteiger partial charge in [-0.1, -0.05) is 47.6 Å². The smallest absolute Gasteiger partial charge is 0.234 e. The summed E-state index contributed by atoms with van der Waals surface area (Å²) in [4.78, 5) is 26.4. The number of hydrogen-bond acceptors (Lipinski definition) is 5. The molecule has 2 amide bonds. The fraction of sp³-hybridized carbons (Fsp3) is 0.238. The number of carbonyl (C=O) groups excluding carboxylic acids is 2. The molecule has 9 heteroatoms. The summed E-state index contributed by atoms with van der Waals surface area (Å²) in [6, 6.07) is 14.8. The summed E-state index contributed by atoms with van der Waals surface area (Å²) < 4.78 is 1.82. The number of amides is 2. The molecule has 2 heterocycles. The van der Waals surface area contributed by atoms with E-state index < -0.39 is 0 Å². The first kappa shape index (κ1) is 20.4. The lowest BCUT2D eigenvalue weighted by atomic mass is 10.2. The molecule has 7 nitrogen and oxygen atoms in total. The van der Waals surface area contributed by atoms with Crippen LogP contribution in [0.3, 0.4) is 0 Å². The zero-order chi connectivity index (χ0) is 21.1. The highest BCUT2D eigenvalue weighted by atomic mass is 35.5. The van der Waals surface area contributed by atoms with Gasteiger partial charge in [0.05, 0.1) is 22.2 Å². The van der Waals surface area contributed by atoms with Crippen molar-refractivity contribution in [2.45, 2.75) is 18.0 Å². The number of nitrogens with one attached hydrogen (secondary N) is 1. The number of benzene rings is 2. The lowest BCUT2D eigenvalue weighted by Gasteiger charge is -2.19. The van der Waals surface area contributed by atoms with Crippen LogP contribution in [0.25, 0.3) is 11.4 Å². The molecule has 1 N–H and O–H groups in total. The van der Waals surface area contributed by atoms with Crippen molar-refractivity contribution >= 4 is 46.6 Å². The molecule has 0 radical (unpaired) electrons. The van der Waals surface area contributed by atoms with E-state index in [2.05, 4.69) is 15.5 Å². The number of para-hydroxylation sites is 2. The van der Waals surface area contributed by atoms with E-state index in [1.807, 2.05) is 48.0 Å². The highest BCUT2D eigenvalue weighted by Gasteiger charge is 2.24. The highest BCUT2D eigenvalue weighted by molar-refractivity contribution is 7.99. The SMILES string of the molecule is Cn1c(SCC(=O)Nc2ccccc2N2CCCC2=O)nnc1-c1ccccc1Cl. The molecule has 0 bridgehead atoms. The molecule has 154 valence electrons. The molecule has 30 heavy (non-hydrogen) atoms. The lowest BCUT2D eigenvalue weighted by Crippen LogP contribution is -2.26. The highest BCUT2D eigenvalue weighted by Crippen LogP contribution is 2.30. The van der Waals surface area contributed by atoms with Crippen LogP contribution >= 0.6 is 23.4 Å². The van der Waals surface area contributed by atoms with Crippen molar-refractivity contribution < 1.29 is 9.59 Å². The Hall–Kier alpha value is -2.84. The second kappa shape index (κ2) is 8.89. The van der Waals surface area contributed by atoms with Crippen molar-refractivity contribution in [2.75, 3.05) is 22.5 Å². The average molecular weight is 442 g/mol. The molecular weight excluding hydrogens is 422 g/mol. The molecule has 4 rings (SSSR count). The summed E-state index contributed by atoms with van der Waals surface area (Å²) in [7, 11) is 1.84. The van der Waals surface area contributed by atoms with E-state index in [1.54, 1.807) is 17.0 Å². The Kier molecular flexibility index (Phi) is 6.06. The summed E-state index contributed by atoms with van der Waals surface area (Å²) in [6.07, 6.45) is 1.37. The minimum atomic E-state index is -0.179. The van der Waals surface area contributed by atoms with Crippen LogP contribution in [0.2, 0.25) is 5.02 Å². The molecule has 1 saturated heterocycles. The number of hydrogen-bond donors (Lipinski definition) is 1. The molecule has 0 spiro atoms. The summed E-state index contributed by atoms with van der Waals surface area (Å²) >= 11 is 7.54. The Labute approximate surface area is 183 Å². The first-order valence-electron chi connectivity index (χ1n) is 9.51. The van der Waals surface area contributed by atoms with Gasteiger partial charge in [-0.25, -0.2) is 0 Å². The van der Waals surface area contributed by atoms with E-state index in [9.17, 15) is 9.59 Å². The van der Waals surface area contributed by atoms with Crippen LogP contribution < -0.4 is 10.2 Å². The van der Waals surface area contributed by atoms with Crippen molar-refractivity contribution in [3.8, 4) is 11.4 Å². The van der Waals surface area contributed by atoms with Gasteiger partial charge in [-0.3, -0.25) is 9.59 Å². The zero-order valence-corrected chi connectivity index (χ0v) is 17.9. The molecule has 1 aromatic heterocycles. The Morgan fingerprint density at radius 1 is 1.17 bits per heavy atom. The Balaban J connectivity index is 1.43. The van der Waals surface area contributed by atoms with Crippen molar-refractivity contribution in [2.24, 2.45) is 7.05 Å². The van der Waals surface area contributed by atoms with Crippen LogP contribution in [0.1, 0.15) is 12.8 Å². The third kappa shape index (κ3) is 4.20. The number of anilines is 2. The van der Waals surface area contributed by atoms with E-state index in [0.717, 1.165) is 17.7 Å². The minimum absolute atomic E-state index is 0.0808. The zero-order valence-electron chi connectivity index (χ0n) is 16.3. The summed E-state index contributed by atoms with van der Waals surface area (Å²) in [5, 5.41) is 12.5. The van der Waals surface area contributed by atoms with Crippen molar-refractivity contribution in [3.05, 3.63) is 53.6 Å². The number of halogens is 1. The maximum atomic E-state index is 12.6. The fourth-order valence-electron chi connectivity index (χ4n) is 3.35. The number of carbonyl (C=O) groups is 2. The summed E-state index contributed by atoms with van der Waals surface area (Å²) in [5.41, 5.74) is 2.15. The van der Waals surface area contributed by atoms with Gasteiger partial charge in [-0.05, 0) is 30.7 Å². The van der Waals surface area contributed by atoms with Gasteiger partial charge in [0, 0.05) is 25.6 Å². The molecule has 1 aliphatic heterocycles. The normalized spacial score (nSPS) is 13.7. The molecule has 0 saturated carbocycles. The van der Waals surface area contributed by atoms with E-state index in [-0.39, 0.29) is 17.6 Å². The largest absolute Gasteiger partial charge is 0.324 e. The van der Waals surface area contributed by atoms with E-state index in [4.69, 9.17) is 11.6 Å². The second-order valence-corrected chi connectivity index (χ2v) is 8.20. The number of aromatic nitrogens is 3. The average Bonchev–Trinajstić information content (AvgIpc) is 3.33. The maximum Gasteiger partial charge on any atom is 0.234 e. The van der Waals surface area contributed by atoms with E-state index in [0.29, 0.717) is 34.7 Å². The Morgan fingerprint density at radius 3 is 2.70 bits per heavy atom. The van der Waals surface area contributed by atoms with Gasteiger partial charge in [0.25, 0.3) is 0 Å². The van der Waals surface area contributed by atoms with Gasteiger partial charge >= 0.3 is 0 Å². The van der Waals surface area contributed by atoms with Crippen molar-refractivity contribution in [1.29, 1.82) is 0 Å². The standard InChI is InChI=1S/C21H20ClN5O2S/c1-26-20(14-7-2-3-8-15(14)22)24-25-21(26)30-13-18(28)23-16-9-4-5-10-17(16)27-12-6-11-19(27)29/h2-5,7-10H,6,11-13H2,1H3,(H,23,28). The van der Waals surface area contributed by atoms with Crippen molar-refractivity contribution in [3.63, 3.8) is 0 Å². The van der Waals surface area contributed by atoms with E-state index in [1.165, 1.54) is 11.8 Å². The number of thioether (sulfide) groups is 1. The van der Waals surface area contributed by atoms with Crippen LogP contribution in [-0.4, -0.2) is 38.9 Å². The van der Waals surface area contributed by atoms with Gasteiger partial charge in [0.15, 0.2) is 11.0 Å². The minimum Gasteiger partial charge on any atom is -0.324 e. The van der Waals surface area contributed by atoms with E-state index >= 15 is 0 Å². The summed E-state index contributed by atoms with van der Waals surface area (Å²) in [6.45, 7) is 0.671. The first-order valence-corrected chi connectivity index (χ1v) is 10.9. The molecule has 0 aliphatic carbocycles. The predicted molar refractivity (Wildman–Crippen MR) is 119 cm³/mol. The number of rotatable bonds is 6. The molecule has 3 aromatic rings. The Morgan fingerprint density at radius 2 is 1.93 bits per heavy atom.